The Morgan fingerprint density at radius 3 is 2.70 bits per heavy atom. The maximum absolute atomic E-state index is 12.1. The summed E-state index contributed by atoms with van der Waals surface area (Å²) in [5, 5.41) is 6.71. The lowest BCUT2D eigenvalue weighted by atomic mass is 10.2. The summed E-state index contributed by atoms with van der Waals surface area (Å²) in [6.07, 6.45) is 3.32. The number of likely N-dealkylation sites (tertiary alicyclic amines) is 1. The predicted octanol–water partition coefficient (Wildman–Crippen LogP) is 3.75. The van der Waals surface area contributed by atoms with Gasteiger partial charge >= 0.3 is 0 Å². The Labute approximate surface area is 216 Å². The smallest absolute Gasteiger partial charge is 0.231 e. The Bertz CT molecular complexity index is 1360. The molecule has 2 aromatic carbocycles. The van der Waals surface area contributed by atoms with E-state index in [9.17, 15) is 4.79 Å². The lowest BCUT2D eigenvalue weighted by Crippen LogP contribution is -2.28. The highest BCUT2D eigenvalue weighted by Gasteiger charge is 2.20. The molecule has 10 nitrogen and oxygen atoms in total. The second-order valence-electron chi connectivity index (χ2n) is 9.15. The van der Waals surface area contributed by atoms with E-state index in [0.717, 1.165) is 30.1 Å². The number of para-hydroxylation sites is 1. The first-order valence-corrected chi connectivity index (χ1v) is 12.5. The van der Waals surface area contributed by atoms with E-state index in [-0.39, 0.29) is 5.91 Å². The summed E-state index contributed by atoms with van der Waals surface area (Å²) in [4.78, 5) is 30.2. The van der Waals surface area contributed by atoms with Gasteiger partial charge in [0.2, 0.25) is 11.9 Å². The normalized spacial score (nSPS) is 13.2. The molecule has 2 N–H and O–H groups in total. The van der Waals surface area contributed by atoms with Gasteiger partial charge in [0.1, 0.15) is 12.4 Å². The number of hydrogen-bond donors (Lipinski definition) is 2. The minimum absolute atomic E-state index is 0.211. The van der Waals surface area contributed by atoms with Crippen molar-refractivity contribution < 1.29 is 9.53 Å². The molecule has 1 aliphatic heterocycles. The molecular weight excluding hydrogens is 468 g/mol. The van der Waals surface area contributed by atoms with E-state index in [1.807, 2.05) is 83.1 Å². The van der Waals surface area contributed by atoms with Crippen molar-refractivity contribution in [1.82, 2.24) is 24.4 Å². The van der Waals surface area contributed by atoms with Crippen molar-refractivity contribution in [2.24, 2.45) is 0 Å². The zero-order valence-corrected chi connectivity index (χ0v) is 21.2. The van der Waals surface area contributed by atoms with Crippen molar-refractivity contribution in [3.05, 3.63) is 60.9 Å². The molecule has 1 amide bonds. The molecule has 0 saturated carbocycles. The van der Waals surface area contributed by atoms with E-state index in [1.165, 1.54) is 0 Å². The topological polar surface area (TPSA) is 100 Å². The number of amides is 1. The average Bonchev–Trinajstić information content (AvgIpc) is 3.51. The van der Waals surface area contributed by atoms with Crippen molar-refractivity contribution >= 4 is 40.2 Å². The van der Waals surface area contributed by atoms with Gasteiger partial charge in [-0.3, -0.25) is 4.79 Å². The van der Waals surface area contributed by atoms with Gasteiger partial charge in [-0.15, -0.1) is 0 Å². The number of hydrogen-bond acceptors (Lipinski definition) is 8. The zero-order chi connectivity index (χ0) is 25.6. The van der Waals surface area contributed by atoms with Crippen molar-refractivity contribution in [3.63, 3.8) is 0 Å². The molecule has 37 heavy (non-hydrogen) atoms. The van der Waals surface area contributed by atoms with E-state index in [0.29, 0.717) is 55.6 Å². The number of benzene rings is 2. The maximum atomic E-state index is 12.1. The molecule has 192 valence electrons. The highest BCUT2D eigenvalue weighted by Crippen LogP contribution is 2.25. The van der Waals surface area contributed by atoms with Gasteiger partial charge in [0, 0.05) is 51.5 Å². The number of carbonyl (C=O) groups excluding carboxylic acids is 1. The Morgan fingerprint density at radius 1 is 1.05 bits per heavy atom. The van der Waals surface area contributed by atoms with Gasteiger partial charge in [-0.1, -0.05) is 24.3 Å². The Balaban J connectivity index is 1.37. The largest absolute Gasteiger partial charge is 0.492 e. The quantitative estimate of drug-likeness (QED) is 0.301. The monoisotopic (exact) mass is 500 g/mol. The number of carbonyl (C=O) groups is 1. The van der Waals surface area contributed by atoms with E-state index < -0.39 is 0 Å². The number of imidazole rings is 1. The van der Waals surface area contributed by atoms with Gasteiger partial charge in [-0.25, -0.2) is 4.98 Å². The fourth-order valence-corrected chi connectivity index (χ4v) is 4.30. The summed E-state index contributed by atoms with van der Waals surface area (Å²) in [7, 11) is 4.01. The van der Waals surface area contributed by atoms with Crippen LogP contribution in [-0.4, -0.2) is 70.7 Å². The van der Waals surface area contributed by atoms with E-state index in [2.05, 4.69) is 15.6 Å². The fourth-order valence-electron chi connectivity index (χ4n) is 4.30. The Morgan fingerprint density at radius 2 is 1.92 bits per heavy atom. The standard InChI is InChI=1S/C27H32N8O2/c1-33(2)21-9-6-8-20(18-21)30-27-31-25(28-13-17-37-22-10-4-3-5-11-22)24-26(32-27)35(19-29-24)16-15-34-14-7-12-23(34)36/h3-6,8-11,18-19H,7,12-17H2,1-2H3,(H2,28,30,31,32). The predicted molar refractivity (Wildman–Crippen MR) is 146 cm³/mol. The van der Waals surface area contributed by atoms with Crippen molar-refractivity contribution in [2.75, 3.05) is 55.9 Å². The molecule has 0 radical (unpaired) electrons. The fraction of sp³-hybridized carbons (Fsp3) is 0.333. The lowest BCUT2D eigenvalue weighted by Gasteiger charge is -2.16. The summed E-state index contributed by atoms with van der Waals surface area (Å²) in [6, 6.07) is 17.8. The molecule has 0 aliphatic carbocycles. The molecule has 10 heteroatoms. The molecule has 4 aromatic rings. The second-order valence-corrected chi connectivity index (χ2v) is 9.15. The van der Waals surface area contributed by atoms with Crippen LogP contribution in [0.5, 0.6) is 5.75 Å². The molecule has 1 fully saturated rings. The van der Waals surface area contributed by atoms with Crippen LogP contribution in [0, 0.1) is 0 Å². The number of nitrogens with zero attached hydrogens (tertiary/aromatic N) is 6. The van der Waals surface area contributed by atoms with Crippen molar-refractivity contribution in [1.29, 1.82) is 0 Å². The van der Waals surface area contributed by atoms with E-state index in [1.54, 1.807) is 6.33 Å². The third-order valence-corrected chi connectivity index (χ3v) is 6.27. The van der Waals surface area contributed by atoms with Gasteiger partial charge in [0.15, 0.2) is 17.0 Å². The minimum Gasteiger partial charge on any atom is -0.492 e. The van der Waals surface area contributed by atoms with Gasteiger partial charge in [0.25, 0.3) is 0 Å². The van der Waals surface area contributed by atoms with Crippen LogP contribution in [0.3, 0.4) is 0 Å². The van der Waals surface area contributed by atoms with Crippen LogP contribution < -0.4 is 20.3 Å². The number of anilines is 4. The first-order valence-electron chi connectivity index (χ1n) is 12.5. The van der Waals surface area contributed by atoms with Crippen LogP contribution in [0.1, 0.15) is 12.8 Å². The molecular formula is C27H32N8O2. The molecule has 0 spiro atoms. The summed E-state index contributed by atoms with van der Waals surface area (Å²) in [5.74, 6) is 2.13. The third-order valence-electron chi connectivity index (χ3n) is 6.27. The van der Waals surface area contributed by atoms with Crippen LogP contribution >= 0.6 is 0 Å². The first kappa shape index (κ1) is 24.4. The summed E-state index contributed by atoms with van der Waals surface area (Å²) < 4.78 is 7.80. The number of ether oxygens (including phenoxy) is 1. The van der Waals surface area contributed by atoms with Crippen molar-refractivity contribution in [3.8, 4) is 5.75 Å². The molecule has 0 bridgehead atoms. The molecule has 1 aliphatic rings. The number of rotatable bonds is 11. The van der Waals surface area contributed by atoms with E-state index >= 15 is 0 Å². The van der Waals surface area contributed by atoms with Gasteiger partial charge in [-0.05, 0) is 36.8 Å². The average molecular weight is 501 g/mol. The van der Waals surface area contributed by atoms with Gasteiger partial charge < -0.3 is 29.7 Å². The molecule has 0 unspecified atom stereocenters. The van der Waals surface area contributed by atoms with Crippen LogP contribution in [0.4, 0.5) is 23.1 Å². The highest BCUT2D eigenvalue weighted by atomic mass is 16.5. The molecule has 0 atom stereocenters. The first-order chi connectivity index (χ1) is 18.1. The SMILES string of the molecule is CN(C)c1cccc(Nc2nc(NCCOc3ccccc3)c3ncn(CCN4CCCC4=O)c3n2)c1. The van der Waals surface area contributed by atoms with Crippen LogP contribution in [0.25, 0.3) is 11.2 Å². The van der Waals surface area contributed by atoms with Crippen LogP contribution in [0.2, 0.25) is 0 Å². The number of fused-ring (bicyclic) bond motifs is 1. The number of aromatic nitrogens is 4. The minimum atomic E-state index is 0.211. The van der Waals surface area contributed by atoms with Crippen LogP contribution in [0.15, 0.2) is 60.9 Å². The lowest BCUT2D eigenvalue weighted by molar-refractivity contribution is -0.127. The van der Waals surface area contributed by atoms with Gasteiger partial charge in [0.05, 0.1) is 12.9 Å². The maximum Gasteiger partial charge on any atom is 0.231 e. The van der Waals surface area contributed by atoms with Crippen molar-refractivity contribution in [2.45, 2.75) is 19.4 Å². The molecule has 5 rings (SSSR count). The Hall–Kier alpha value is -4.34. The molecule has 3 heterocycles. The third kappa shape index (κ3) is 5.91. The summed E-state index contributed by atoms with van der Waals surface area (Å²) in [6.45, 7) is 3.08. The van der Waals surface area contributed by atoms with Gasteiger partial charge in [-0.2, -0.15) is 9.97 Å². The van der Waals surface area contributed by atoms with E-state index in [4.69, 9.17) is 14.7 Å². The van der Waals surface area contributed by atoms with Crippen LogP contribution in [-0.2, 0) is 11.3 Å². The number of nitrogens with one attached hydrogen (secondary N) is 2. The molecule has 2 aromatic heterocycles. The summed E-state index contributed by atoms with van der Waals surface area (Å²) >= 11 is 0. The molecule has 1 saturated heterocycles. The zero-order valence-electron chi connectivity index (χ0n) is 21.2. The summed E-state index contributed by atoms with van der Waals surface area (Å²) in [5.41, 5.74) is 3.35. The highest BCUT2D eigenvalue weighted by molar-refractivity contribution is 5.85. The second kappa shape index (κ2) is 11.2. The Kier molecular flexibility index (Phi) is 7.34.